The molecule has 0 aliphatic carbocycles. The minimum absolute atomic E-state index is 0.671. The van der Waals surface area contributed by atoms with E-state index in [9.17, 15) is 0 Å². The number of anilines is 1. The summed E-state index contributed by atoms with van der Waals surface area (Å²) in [5, 5.41) is 5.31. The first kappa shape index (κ1) is 10.2. The van der Waals surface area contributed by atoms with Crippen LogP contribution in [0.3, 0.4) is 0 Å². The van der Waals surface area contributed by atoms with E-state index < -0.39 is 0 Å². The van der Waals surface area contributed by atoms with Crippen molar-refractivity contribution in [2.24, 2.45) is 0 Å². The molecule has 4 nitrogen and oxygen atoms in total. The Hall–Kier alpha value is -2.01. The van der Waals surface area contributed by atoms with Crippen LogP contribution in [0.15, 0.2) is 42.2 Å². The Labute approximate surface area is 102 Å². The molecule has 1 N–H and O–H groups in total. The summed E-state index contributed by atoms with van der Waals surface area (Å²) in [5.74, 6) is 0.871. The Bertz CT molecular complexity index is 620. The zero-order chi connectivity index (χ0) is 11.5. The van der Waals surface area contributed by atoms with E-state index in [2.05, 4.69) is 20.3 Å². The molecule has 0 saturated heterocycles. The Balaban J connectivity index is 1.84. The van der Waals surface area contributed by atoms with Crippen molar-refractivity contribution in [2.45, 2.75) is 6.54 Å². The zero-order valence-corrected chi connectivity index (χ0v) is 9.81. The molecule has 3 aromatic heterocycles. The van der Waals surface area contributed by atoms with Crippen LogP contribution in [0.4, 0.5) is 5.82 Å². The van der Waals surface area contributed by atoms with Gasteiger partial charge in [-0.15, -0.1) is 11.3 Å². The van der Waals surface area contributed by atoms with Gasteiger partial charge in [-0.3, -0.25) is 4.98 Å². The molecule has 0 aromatic carbocycles. The smallest absolute Gasteiger partial charge is 0.147 e. The molecular weight excluding hydrogens is 232 g/mol. The molecule has 3 rings (SSSR count). The lowest BCUT2D eigenvalue weighted by atomic mass is 10.3. The average molecular weight is 242 g/mol. The summed E-state index contributed by atoms with van der Waals surface area (Å²) in [6.45, 7) is 0.671. The Morgan fingerprint density at radius 2 is 2.12 bits per heavy atom. The summed E-state index contributed by atoms with van der Waals surface area (Å²) in [7, 11) is 0. The number of thiophene rings is 1. The molecule has 0 fully saturated rings. The molecule has 0 unspecified atom stereocenters. The second-order valence-electron chi connectivity index (χ2n) is 3.53. The summed E-state index contributed by atoms with van der Waals surface area (Å²) in [6, 6.07) is 7.86. The monoisotopic (exact) mass is 242 g/mol. The molecule has 3 aromatic rings. The van der Waals surface area contributed by atoms with Crippen LogP contribution in [-0.4, -0.2) is 15.0 Å². The van der Waals surface area contributed by atoms with Crippen LogP contribution in [0.25, 0.3) is 10.2 Å². The van der Waals surface area contributed by atoms with Gasteiger partial charge in [-0.25, -0.2) is 9.97 Å². The second-order valence-corrected chi connectivity index (χ2v) is 4.45. The van der Waals surface area contributed by atoms with E-state index in [1.54, 1.807) is 23.9 Å². The average Bonchev–Trinajstić information content (AvgIpc) is 2.86. The Morgan fingerprint density at radius 1 is 1.12 bits per heavy atom. The minimum Gasteiger partial charge on any atom is -0.363 e. The van der Waals surface area contributed by atoms with Gasteiger partial charge in [0.2, 0.25) is 0 Å². The summed E-state index contributed by atoms with van der Waals surface area (Å²) < 4.78 is 1.09. The molecule has 0 saturated carbocycles. The van der Waals surface area contributed by atoms with Crippen molar-refractivity contribution in [1.82, 2.24) is 15.0 Å². The van der Waals surface area contributed by atoms with Gasteiger partial charge < -0.3 is 5.32 Å². The van der Waals surface area contributed by atoms with Gasteiger partial charge in [0.15, 0.2) is 0 Å². The molecule has 0 amide bonds. The second kappa shape index (κ2) is 4.47. The summed E-state index contributed by atoms with van der Waals surface area (Å²) in [6.07, 6.45) is 3.37. The maximum Gasteiger partial charge on any atom is 0.147 e. The molecule has 0 aliphatic heterocycles. The predicted octanol–water partition coefficient (Wildman–Crippen LogP) is 2.70. The van der Waals surface area contributed by atoms with Crippen LogP contribution in [0.1, 0.15) is 5.69 Å². The largest absolute Gasteiger partial charge is 0.363 e. The maximum atomic E-state index is 4.26. The Morgan fingerprint density at radius 3 is 3.00 bits per heavy atom. The van der Waals surface area contributed by atoms with Gasteiger partial charge in [0.05, 0.1) is 22.5 Å². The van der Waals surface area contributed by atoms with Crippen molar-refractivity contribution in [3.05, 3.63) is 47.9 Å². The van der Waals surface area contributed by atoms with Crippen LogP contribution in [-0.2, 0) is 6.54 Å². The van der Waals surface area contributed by atoms with Crippen LogP contribution >= 0.6 is 11.3 Å². The normalized spacial score (nSPS) is 10.6. The number of rotatable bonds is 3. The number of hydrogen-bond donors (Lipinski definition) is 1. The maximum absolute atomic E-state index is 4.26. The van der Waals surface area contributed by atoms with Gasteiger partial charge in [0, 0.05) is 6.20 Å². The molecule has 0 bridgehead atoms. The lowest BCUT2D eigenvalue weighted by molar-refractivity contribution is 1.03. The van der Waals surface area contributed by atoms with Gasteiger partial charge in [-0.2, -0.15) is 0 Å². The fraction of sp³-hybridized carbons (Fsp3) is 0.0833. The Kier molecular flexibility index (Phi) is 2.67. The van der Waals surface area contributed by atoms with Gasteiger partial charge in [0.1, 0.15) is 12.1 Å². The highest BCUT2D eigenvalue weighted by atomic mass is 32.1. The minimum atomic E-state index is 0.671. The first-order valence-electron chi connectivity index (χ1n) is 5.25. The van der Waals surface area contributed by atoms with Crippen LogP contribution in [0.5, 0.6) is 0 Å². The van der Waals surface area contributed by atoms with Crippen LogP contribution in [0, 0.1) is 0 Å². The van der Waals surface area contributed by atoms with E-state index in [1.165, 1.54) is 0 Å². The van der Waals surface area contributed by atoms with E-state index >= 15 is 0 Å². The number of nitrogens with zero attached hydrogens (tertiary/aromatic N) is 3. The van der Waals surface area contributed by atoms with Crippen LogP contribution < -0.4 is 5.32 Å². The molecular formula is C12H10N4S. The summed E-state index contributed by atoms with van der Waals surface area (Å²) in [4.78, 5) is 12.7. The zero-order valence-electron chi connectivity index (χ0n) is 9.00. The standard InChI is InChI=1S/C12H10N4S/c1-2-5-13-9(3-1)7-14-12-11-10(4-6-17-11)15-8-16-12/h1-6,8H,7H2,(H,14,15,16). The van der Waals surface area contributed by atoms with E-state index in [4.69, 9.17) is 0 Å². The fourth-order valence-corrected chi connectivity index (χ4v) is 2.40. The summed E-state index contributed by atoms with van der Waals surface area (Å²) in [5.41, 5.74) is 1.98. The molecule has 0 aliphatic rings. The third kappa shape index (κ3) is 2.09. The van der Waals surface area contributed by atoms with Crippen molar-refractivity contribution in [3.8, 4) is 0 Å². The van der Waals surface area contributed by atoms with Gasteiger partial charge >= 0.3 is 0 Å². The summed E-state index contributed by atoms with van der Waals surface area (Å²) >= 11 is 1.64. The molecule has 0 radical (unpaired) electrons. The lowest BCUT2D eigenvalue weighted by Gasteiger charge is -2.05. The van der Waals surface area contributed by atoms with E-state index in [-0.39, 0.29) is 0 Å². The van der Waals surface area contributed by atoms with Crippen molar-refractivity contribution in [3.63, 3.8) is 0 Å². The molecule has 0 atom stereocenters. The topological polar surface area (TPSA) is 50.7 Å². The number of fused-ring (bicyclic) bond motifs is 1. The van der Waals surface area contributed by atoms with Crippen molar-refractivity contribution >= 4 is 27.4 Å². The van der Waals surface area contributed by atoms with Gasteiger partial charge in [-0.1, -0.05) is 6.07 Å². The van der Waals surface area contributed by atoms with Crippen molar-refractivity contribution < 1.29 is 0 Å². The fourth-order valence-electron chi connectivity index (χ4n) is 1.59. The van der Waals surface area contributed by atoms with Crippen molar-refractivity contribution in [1.29, 1.82) is 0 Å². The lowest BCUT2D eigenvalue weighted by Crippen LogP contribution is -2.03. The first-order valence-corrected chi connectivity index (χ1v) is 6.13. The third-order valence-corrected chi connectivity index (χ3v) is 3.32. The quantitative estimate of drug-likeness (QED) is 0.767. The highest BCUT2D eigenvalue weighted by Gasteiger charge is 2.04. The highest BCUT2D eigenvalue weighted by Crippen LogP contribution is 2.24. The molecule has 5 heteroatoms. The van der Waals surface area contributed by atoms with Gasteiger partial charge in [0.25, 0.3) is 0 Å². The van der Waals surface area contributed by atoms with E-state index in [0.29, 0.717) is 6.54 Å². The number of hydrogen-bond acceptors (Lipinski definition) is 5. The SMILES string of the molecule is c1ccc(CNc2ncnc3ccsc23)nc1. The third-order valence-electron chi connectivity index (χ3n) is 2.41. The molecule has 3 heterocycles. The highest BCUT2D eigenvalue weighted by molar-refractivity contribution is 7.17. The number of pyridine rings is 1. The van der Waals surface area contributed by atoms with Gasteiger partial charge in [-0.05, 0) is 23.6 Å². The molecule has 0 spiro atoms. The van der Waals surface area contributed by atoms with Crippen molar-refractivity contribution in [2.75, 3.05) is 5.32 Å². The first-order chi connectivity index (χ1) is 8.43. The number of aromatic nitrogens is 3. The molecule has 17 heavy (non-hydrogen) atoms. The van der Waals surface area contributed by atoms with E-state index in [0.717, 1.165) is 21.7 Å². The number of nitrogens with one attached hydrogen (secondary N) is 1. The predicted molar refractivity (Wildman–Crippen MR) is 69.0 cm³/mol. The molecule has 84 valence electrons. The van der Waals surface area contributed by atoms with Crippen LogP contribution in [0.2, 0.25) is 0 Å². The van der Waals surface area contributed by atoms with E-state index in [1.807, 2.05) is 29.6 Å².